The SMILES string of the molecule is O=P1(Nc2ccc(/C=C3\C=Cc4ccccc43)cc2)NCCCO1. The second-order valence-electron chi connectivity index (χ2n) is 5.90. The Morgan fingerprint density at radius 3 is 2.71 bits per heavy atom. The Morgan fingerprint density at radius 2 is 1.92 bits per heavy atom. The maximum atomic E-state index is 12.4. The third-order valence-electron chi connectivity index (χ3n) is 4.14. The van der Waals surface area contributed by atoms with Crippen LogP contribution in [0.4, 0.5) is 5.69 Å². The zero-order valence-corrected chi connectivity index (χ0v) is 14.1. The lowest BCUT2D eigenvalue weighted by Gasteiger charge is -2.25. The molecular formula is C19H19N2O2P. The first kappa shape index (κ1) is 15.4. The highest BCUT2D eigenvalue weighted by molar-refractivity contribution is 7.58. The van der Waals surface area contributed by atoms with E-state index in [4.69, 9.17) is 4.52 Å². The Balaban J connectivity index is 1.52. The van der Waals surface area contributed by atoms with Crippen molar-refractivity contribution in [1.29, 1.82) is 0 Å². The molecule has 1 aliphatic heterocycles. The van der Waals surface area contributed by atoms with Crippen LogP contribution in [-0.4, -0.2) is 13.2 Å². The number of benzene rings is 2. The van der Waals surface area contributed by atoms with Crippen LogP contribution in [0.1, 0.15) is 23.1 Å². The number of allylic oxidation sites excluding steroid dienone is 2. The largest absolute Gasteiger partial charge is 0.365 e. The molecule has 2 aromatic carbocycles. The fraction of sp³-hybridized carbons (Fsp3) is 0.158. The average Bonchev–Trinajstić information content (AvgIpc) is 3.00. The van der Waals surface area contributed by atoms with Gasteiger partial charge in [0.05, 0.1) is 6.61 Å². The van der Waals surface area contributed by atoms with Crippen LogP contribution in [-0.2, 0) is 9.09 Å². The standard InChI is InChI=1S/C19H19N2O2P/c22-24(20-12-3-13-23-24)21-18-10-6-15(7-11-18)14-17-9-8-16-4-1-2-5-19(16)17/h1-2,4-11,14H,3,12-13H2,(H2,20,21,22)/b17-14+. The minimum atomic E-state index is -2.95. The molecule has 2 aliphatic rings. The first-order valence-electron chi connectivity index (χ1n) is 8.09. The molecule has 4 nitrogen and oxygen atoms in total. The van der Waals surface area contributed by atoms with Crippen LogP contribution in [0.2, 0.25) is 0 Å². The molecule has 0 saturated carbocycles. The molecule has 24 heavy (non-hydrogen) atoms. The predicted octanol–water partition coefficient (Wildman–Crippen LogP) is 4.78. The molecule has 122 valence electrons. The Bertz CT molecular complexity index is 846. The maximum Gasteiger partial charge on any atom is 0.365 e. The molecule has 0 bridgehead atoms. The summed E-state index contributed by atoms with van der Waals surface area (Å²) in [6.07, 6.45) is 7.31. The molecule has 1 atom stereocenters. The van der Waals surface area contributed by atoms with Crippen molar-refractivity contribution in [2.24, 2.45) is 0 Å². The molecule has 1 heterocycles. The molecule has 1 fully saturated rings. The summed E-state index contributed by atoms with van der Waals surface area (Å²) in [6.45, 7) is 1.23. The zero-order chi connectivity index (χ0) is 16.4. The summed E-state index contributed by atoms with van der Waals surface area (Å²) in [5.74, 6) is 0. The Labute approximate surface area is 141 Å². The third kappa shape index (κ3) is 3.22. The highest BCUT2D eigenvalue weighted by Gasteiger charge is 2.25. The van der Waals surface area contributed by atoms with Crippen LogP contribution in [0, 0.1) is 0 Å². The van der Waals surface area contributed by atoms with Gasteiger partial charge >= 0.3 is 7.67 Å². The summed E-state index contributed by atoms with van der Waals surface area (Å²) < 4.78 is 17.8. The van der Waals surface area contributed by atoms with Crippen LogP contribution < -0.4 is 10.2 Å². The van der Waals surface area contributed by atoms with Gasteiger partial charge in [0.15, 0.2) is 0 Å². The first-order chi connectivity index (χ1) is 11.7. The van der Waals surface area contributed by atoms with E-state index in [1.807, 2.05) is 24.3 Å². The highest BCUT2D eigenvalue weighted by Crippen LogP contribution is 2.44. The molecule has 1 unspecified atom stereocenters. The smallest absolute Gasteiger partial charge is 0.303 e. The van der Waals surface area contributed by atoms with Gasteiger partial charge in [0.25, 0.3) is 0 Å². The summed E-state index contributed by atoms with van der Waals surface area (Å²) in [7, 11) is -2.95. The van der Waals surface area contributed by atoms with E-state index in [0.717, 1.165) is 17.7 Å². The highest BCUT2D eigenvalue weighted by atomic mass is 31.2. The number of rotatable bonds is 3. The first-order valence-corrected chi connectivity index (χ1v) is 9.72. The number of fused-ring (bicyclic) bond motifs is 1. The second-order valence-corrected chi connectivity index (χ2v) is 7.80. The van der Waals surface area contributed by atoms with Crippen molar-refractivity contribution in [3.05, 3.63) is 71.3 Å². The number of hydrogen-bond donors (Lipinski definition) is 2. The third-order valence-corrected chi connectivity index (χ3v) is 5.88. The number of hydrogen-bond acceptors (Lipinski definition) is 2. The van der Waals surface area contributed by atoms with Gasteiger partial charge < -0.3 is 9.61 Å². The fourth-order valence-corrected chi connectivity index (χ4v) is 4.48. The van der Waals surface area contributed by atoms with Crippen LogP contribution in [0.15, 0.2) is 54.6 Å². The molecule has 0 spiro atoms. The van der Waals surface area contributed by atoms with E-state index in [2.05, 4.69) is 52.7 Å². The van der Waals surface area contributed by atoms with Crippen molar-refractivity contribution >= 4 is 31.1 Å². The van der Waals surface area contributed by atoms with Crippen molar-refractivity contribution < 1.29 is 9.09 Å². The van der Waals surface area contributed by atoms with Gasteiger partial charge in [-0.3, -0.25) is 0 Å². The molecule has 0 amide bonds. The Morgan fingerprint density at radius 1 is 1.08 bits per heavy atom. The van der Waals surface area contributed by atoms with Crippen LogP contribution >= 0.6 is 7.67 Å². The van der Waals surface area contributed by atoms with Crippen LogP contribution in [0.5, 0.6) is 0 Å². The van der Waals surface area contributed by atoms with Gasteiger partial charge in [-0.1, -0.05) is 48.6 Å². The van der Waals surface area contributed by atoms with Gasteiger partial charge in [0.1, 0.15) is 0 Å². The van der Waals surface area contributed by atoms with Gasteiger partial charge in [-0.2, -0.15) is 0 Å². The van der Waals surface area contributed by atoms with Gasteiger partial charge in [0, 0.05) is 12.2 Å². The second kappa shape index (κ2) is 6.40. The zero-order valence-electron chi connectivity index (χ0n) is 13.2. The average molecular weight is 338 g/mol. The molecule has 1 aliphatic carbocycles. The van der Waals surface area contributed by atoms with E-state index < -0.39 is 7.67 Å². The van der Waals surface area contributed by atoms with E-state index in [0.29, 0.717) is 13.2 Å². The van der Waals surface area contributed by atoms with Crippen molar-refractivity contribution in [2.45, 2.75) is 6.42 Å². The van der Waals surface area contributed by atoms with E-state index in [-0.39, 0.29) is 0 Å². The molecule has 0 radical (unpaired) electrons. The van der Waals surface area contributed by atoms with Crippen molar-refractivity contribution in [1.82, 2.24) is 5.09 Å². The van der Waals surface area contributed by atoms with E-state index in [1.165, 1.54) is 16.7 Å². The Hall–Kier alpha value is -2.13. The lowest BCUT2D eigenvalue weighted by Crippen LogP contribution is -2.25. The molecule has 2 aromatic rings. The van der Waals surface area contributed by atoms with Gasteiger partial charge in [-0.05, 0) is 46.9 Å². The summed E-state index contributed by atoms with van der Waals surface area (Å²) in [5.41, 5.74) is 5.60. The summed E-state index contributed by atoms with van der Waals surface area (Å²) in [5, 5.41) is 5.91. The number of nitrogens with one attached hydrogen (secondary N) is 2. The van der Waals surface area contributed by atoms with Gasteiger partial charge in [-0.25, -0.2) is 9.65 Å². The molecule has 2 N–H and O–H groups in total. The maximum absolute atomic E-state index is 12.4. The van der Waals surface area contributed by atoms with Crippen LogP contribution in [0.3, 0.4) is 0 Å². The molecule has 0 aromatic heterocycles. The quantitative estimate of drug-likeness (QED) is 0.791. The van der Waals surface area contributed by atoms with E-state index >= 15 is 0 Å². The van der Waals surface area contributed by atoms with E-state index in [9.17, 15) is 4.57 Å². The topological polar surface area (TPSA) is 50.4 Å². The monoisotopic (exact) mass is 338 g/mol. The van der Waals surface area contributed by atoms with Crippen molar-refractivity contribution in [3.63, 3.8) is 0 Å². The summed E-state index contributed by atoms with van der Waals surface area (Å²) in [6, 6.07) is 16.2. The molecule has 5 heteroatoms. The van der Waals surface area contributed by atoms with Crippen LogP contribution in [0.25, 0.3) is 17.7 Å². The fourth-order valence-electron chi connectivity index (χ4n) is 2.91. The van der Waals surface area contributed by atoms with Crippen molar-refractivity contribution in [3.8, 4) is 0 Å². The normalized spacial score (nSPS) is 24.1. The van der Waals surface area contributed by atoms with Crippen molar-refractivity contribution in [2.75, 3.05) is 18.2 Å². The number of anilines is 1. The molecule has 1 saturated heterocycles. The lowest BCUT2D eigenvalue weighted by molar-refractivity contribution is 0.281. The van der Waals surface area contributed by atoms with E-state index in [1.54, 1.807) is 0 Å². The minimum absolute atomic E-state index is 0.521. The Kier molecular flexibility index (Phi) is 4.11. The van der Waals surface area contributed by atoms with Gasteiger partial charge in [0.2, 0.25) is 0 Å². The summed E-state index contributed by atoms with van der Waals surface area (Å²) in [4.78, 5) is 0. The molecular weight excluding hydrogens is 319 g/mol. The predicted molar refractivity (Wildman–Crippen MR) is 99.6 cm³/mol. The van der Waals surface area contributed by atoms with Gasteiger partial charge in [-0.15, -0.1) is 0 Å². The lowest BCUT2D eigenvalue weighted by atomic mass is 10.0. The minimum Gasteiger partial charge on any atom is -0.303 e. The molecule has 4 rings (SSSR count). The summed E-state index contributed by atoms with van der Waals surface area (Å²) >= 11 is 0.